The molecule has 0 amide bonds. The summed E-state index contributed by atoms with van der Waals surface area (Å²) in [6, 6.07) is 18.6. The molecule has 9 fully saturated rings. The molecule has 10 aliphatic heterocycles. The van der Waals surface area contributed by atoms with Crippen molar-refractivity contribution in [3.05, 3.63) is 83.9 Å². The van der Waals surface area contributed by atoms with Crippen LogP contribution in [0.1, 0.15) is 101 Å². The monoisotopic (exact) mass is 1160 g/mol. The van der Waals surface area contributed by atoms with Crippen molar-refractivity contribution in [2.75, 3.05) is 13.2 Å². The summed E-state index contributed by atoms with van der Waals surface area (Å²) in [7, 11) is 0. The third-order valence-electron chi connectivity index (χ3n) is 18.6. The normalized spacial score (nSPS) is 48.8. The lowest BCUT2D eigenvalue weighted by Crippen LogP contribution is -2.74. The number of aliphatic hydroxyl groups excluding tert-OH is 5. The lowest BCUT2D eigenvalue weighted by molar-refractivity contribution is -0.485. The molecule has 25 unspecified atom stereocenters. The number of benzene rings is 2. The van der Waals surface area contributed by atoms with E-state index < -0.39 is 183 Å². The number of fused-ring (bicyclic) bond motifs is 9. The van der Waals surface area contributed by atoms with E-state index in [4.69, 9.17) is 61.9 Å². The molecule has 2 aromatic carbocycles. The maximum Gasteiger partial charge on any atom is 0.219 e. The summed E-state index contributed by atoms with van der Waals surface area (Å²) in [6.07, 6.45) is -19.5. The van der Waals surface area contributed by atoms with Crippen molar-refractivity contribution in [3.8, 4) is 0 Å². The lowest BCUT2D eigenvalue weighted by Gasteiger charge is -2.60. The molecule has 10 heterocycles. The summed E-state index contributed by atoms with van der Waals surface area (Å²) in [5.74, 6) is -17.6. The minimum atomic E-state index is -2.29. The number of hydrogen-bond acceptors (Lipinski definition) is 25. The van der Waals surface area contributed by atoms with E-state index in [1.54, 1.807) is 12.2 Å². The fourth-order valence-corrected chi connectivity index (χ4v) is 14.1. The van der Waals surface area contributed by atoms with Crippen LogP contribution in [0.3, 0.4) is 0 Å². The van der Waals surface area contributed by atoms with Gasteiger partial charge in [0.05, 0.1) is 62.4 Å². The van der Waals surface area contributed by atoms with Gasteiger partial charge < -0.3 is 123 Å². The van der Waals surface area contributed by atoms with Gasteiger partial charge in [-0.25, -0.2) is 0 Å². The summed E-state index contributed by atoms with van der Waals surface area (Å²) >= 11 is 0. The number of hydrogen-bond donors (Lipinski definition) is 13. The Labute approximate surface area is 472 Å². The number of rotatable bonds is 14. The van der Waals surface area contributed by atoms with E-state index in [0.29, 0.717) is 0 Å². The van der Waals surface area contributed by atoms with E-state index in [9.17, 15) is 61.3 Å². The van der Waals surface area contributed by atoms with Gasteiger partial charge in [0, 0.05) is 70.8 Å². The lowest BCUT2D eigenvalue weighted by atomic mass is 9.79. The maximum absolute atomic E-state index is 12.4. The van der Waals surface area contributed by atoms with Crippen molar-refractivity contribution in [3.63, 3.8) is 0 Å². The molecule has 0 saturated carbocycles. The molecule has 25 heteroatoms. The first kappa shape index (κ1) is 59.5. The first-order valence-corrected chi connectivity index (χ1v) is 28.7. The molecule has 82 heavy (non-hydrogen) atoms. The van der Waals surface area contributed by atoms with Gasteiger partial charge in [-0.1, -0.05) is 72.8 Å². The zero-order valence-electron chi connectivity index (χ0n) is 45.2. The Morgan fingerprint density at radius 3 is 1.88 bits per heavy atom. The van der Waals surface area contributed by atoms with Crippen molar-refractivity contribution < 1.29 is 123 Å². The Bertz CT molecular complexity index is 2560. The van der Waals surface area contributed by atoms with Crippen molar-refractivity contribution in [2.45, 2.75) is 253 Å². The Morgan fingerprint density at radius 2 is 1.15 bits per heavy atom. The Morgan fingerprint density at radius 1 is 0.524 bits per heavy atom. The first-order valence-electron chi connectivity index (χ1n) is 28.7. The average Bonchev–Trinajstić information content (AvgIpc) is 2.56. The van der Waals surface area contributed by atoms with Crippen molar-refractivity contribution in [1.29, 1.82) is 0 Å². The molecule has 12 rings (SSSR count). The van der Waals surface area contributed by atoms with Crippen LogP contribution in [0.5, 0.6) is 0 Å². The standard InChI is InChI=1S/C57H78O25/c58-19-15-33(59)34(60)20-35(61)49(62)38-14-16-51(64)43(75-38)23-46-56(69,81-51)29-55(68)42(76-46)21-39-37(78-55)13-7-12-36-40(73-39)25-53(66)45(74-36)24-44-52(65,80-53)18-17-50(63)48(77-44)26-54(67)47(79-50)22-41(72-28-32-10-5-2-6-11-32)57(70,82-54)30-71-27-31-8-3-1-4-9-31/h1-11,13,33-49,58-70H,12,14-30H2/b13-7-. The topological polar surface area (TPSA) is 374 Å². The second-order valence-electron chi connectivity index (χ2n) is 24.5. The molecule has 25 nitrogen and oxygen atoms in total. The third-order valence-corrected chi connectivity index (χ3v) is 18.6. The van der Waals surface area contributed by atoms with Crippen LogP contribution in [-0.4, -0.2) is 230 Å². The Balaban J connectivity index is 0.707. The highest BCUT2D eigenvalue weighted by Gasteiger charge is 2.70. The van der Waals surface area contributed by atoms with Gasteiger partial charge in [-0.15, -0.1) is 0 Å². The Hall–Kier alpha value is -2.82. The predicted octanol–water partition coefficient (Wildman–Crippen LogP) is -1.52. The molecular weight excluding hydrogens is 1080 g/mol. The van der Waals surface area contributed by atoms with Gasteiger partial charge >= 0.3 is 0 Å². The summed E-state index contributed by atoms with van der Waals surface area (Å²) in [5.41, 5.74) is 1.64. The summed E-state index contributed by atoms with van der Waals surface area (Å²) in [4.78, 5) is 0. The smallest absolute Gasteiger partial charge is 0.219 e. The van der Waals surface area contributed by atoms with Crippen LogP contribution >= 0.6 is 0 Å². The van der Waals surface area contributed by atoms with Gasteiger partial charge in [-0.3, -0.25) is 0 Å². The van der Waals surface area contributed by atoms with Gasteiger partial charge in [-0.2, -0.15) is 0 Å². The minimum Gasteiger partial charge on any atom is -0.396 e. The number of aliphatic hydroxyl groups is 13. The van der Waals surface area contributed by atoms with Crippen LogP contribution in [0.2, 0.25) is 0 Å². The summed E-state index contributed by atoms with van der Waals surface area (Å²) in [6.45, 7) is -0.622. The fraction of sp³-hybridized carbons (Fsp3) is 0.754. The van der Waals surface area contributed by atoms with Gasteiger partial charge in [0.25, 0.3) is 0 Å². The quantitative estimate of drug-likeness (QED) is 0.0955. The zero-order valence-corrected chi connectivity index (χ0v) is 45.2. The Kier molecular flexibility index (Phi) is 16.3. The molecule has 9 saturated heterocycles. The van der Waals surface area contributed by atoms with E-state index in [0.717, 1.165) is 11.1 Å². The molecular formula is C57H78O25. The summed E-state index contributed by atoms with van der Waals surface area (Å²) < 4.78 is 75.6. The van der Waals surface area contributed by atoms with Crippen LogP contribution in [-0.2, 0) is 70.1 Å². The highest BCUT2D eigenvalue weighted by atomic mass is 16.8. The number of ether oxygens (including phenoxy) is 12. The molecule has 0 aromatic heterocycles. The van der Waals surface area contributed by atoms with E-state index >= 15 is 0 Å². The molecule has 0 bridgehead atoms. The van der Waals surface area contributed by atoms with E-state index in [1.165, 1.54) is 0 Å². The van der Waals surface area contributed by atoms with Gasteiger partial charge in [0.2, 0.25) is 11.6 Å². The summed E-state index contributed by atoms with van der Waals surface area (Å²) in [5, 5.41) is 149. The van der Waals surface area contributed by atoms with Gasteiger partial charge in [-0.05, 0) is 30.4 Å². The average molecular weight is 1160 g/mol. The van der Waals surface area contributed by atoms with E-state index in [1.807, 2.05) is 60.7 Å². The molecule has 2 aromatic rings. The van der Waals surface area contributed by atoms with Crippen molar-refractivity contribution in [1.82, 2.24) is 0 Å². The second-order valence-corrected chi connectivity index (χ2v) is 24.5. The predicted molar refractivity (Wildman–Crippen MR) is 272 cm³/mol. The molecule has 0 aliphatic carbocycles. The highest BCUT2D eigenvalue weighted by Crippen LogP contribution is 2.56. The molecule has 0 spiro atoms. The van der Waals surface area contributed by atoms with Crippen LogP contribution < -0.4 is 0 Å². The van der Waals surface area contributed by atoms with Crippen molar-refractivity contribution >= 4 is 0 Å². The van der Waals surface area contributed by atoms with E-state index in [-0.39, 0.29) is 83.8 Å². The largest absolute Gasteiger partial charge is 0.396 e. The highest BCUT2D eigenvalue weighted by molar-refractivity contribution is 5.16. The van der Waals surface area contributed by atoms with Crippen LogP contribution in [0.15, 0.2) is 72.8 Å². The first-order chi connectivity index (χ1) is 38.9. The molecule has 456 valence electrons. The van der Waals surface area contributed by atoms with Crippen LogP contribution in [0.4, 0.5) is 0 Å². The molecule has 10 aliphatic rings. The second kappa shape index (κ2) is 22.4. The van der Waals surface area contributed by atoms with Crippen LogP contribution in [0.25, 0.3) is 0 Å². The SMILES string of the molecule is OCCC(O)C(O)CC(O)C(O)C1CCC2(O)OC3(O)CC4(O)OC5/C=C\CC6OC7CC8OC9CC%10(O)OC(O)(COCc%11ccccc%11)C(OCc%11ccccc%11)CC%10OC9(O)CCC8(O)OC7(O)CC6OC5CC4OC3CC2O1. The maximum atomic E-state index is 12.4. The minimum absolute atomic E-state index is 0.0211. The fourth-order valence-electron chi connectivity index (χ4n) is 14.1. The van der Waals surface area contributed by atoms with Gasteiger partial charge in [0.1, 0.15) is 67.6 Å². The van der Waals surface area contributed by atoms with Gasteiger partial charge in [0.15, 0.2) is 34.7 Å². The molecule has 13 N–H and O–H groups in total. The zero-order chi connectivity index (χ0) is 57.7. The molecule has 0 radical (unpaired) electrons. The molecule has 25 atom stereocenters. The van der Waals surface area contributed by atoms with Crippen LogP contribution in [0, 0.1) is 0 Å². The van der Waals surface area contributed by atoms with E-state index in [2.05, 4.69) is 0 Å². The third kappa shape index (κ3) is 11.3. The van der Waals surface area contributed by atoms with Crippen molar-refractivity contribution in [2.24, 2.45) is 0 Å².